The van der Waals surface area contributed by atoms with Crippen molar-refractivity contribution in [1.29, 1.82) is 0 Å². The van der Waals surface area contributed by atoms with Crippen molar-refractivity contribution < 1.29 is 23.1 Å². The lowest BCUT2D eigenvalue weighted by molar-refractivity contribution is -0.130. The number of fused-ring (bicyclic) bond motifs is 2. The quantitative estimate of drug-likeness (QED) is 0.866. The fourth-order valence-electron chi connectivity index (χ4n) is 4.09. The van der Waals surface area contributed by atoms with Gasteiger partial charge in [-0.15, -0.1) is 0 Å². The van der Waals surface area contributed by atoms with Crippen LogP contribution in [-0.2, 0) is 14.3 Å². The maximum atomic E-state index is 14.5. The Morgan fingerprint density at radius 2 is 1.63 bits per heavy atom. The molecule has 4 unspecified atom stereocenters. The molecular formula is C20H18F2N2O3. The number of anilines is 1. The highest BCUT2D eigenvalue weighted by atomic mass is 19.1. The predicted octanol–water partition coefficient (Wildman–Crippen LogP) is 2.85. The molecule has 2 saturated heterocycles. The Bertz CT molecular complexity index is 918. The van der Waals surface area contributed by atoms with Gasteiger partial charge in [0, 0.05) is 16.8 Å². The molecule has 0 spiro atoms. The summed E-state index contributed by atoms with van der Waals surface area (Å²) in [6, 6.07) is 9.92. The molecule has 5 nitrogen and oxygen atoms in total. The van der Waals surface area contributed by atoms with Crippen LogP contribution in [0, 0.1) is 23.5 Å². The molecule has 2 amide bonds. The second-order valence-electron chi connectivity index (χ2n) is 6.91. The van der Waals surface area contributed by atoms with Crippen LogP contribution >= 0.6 is 0 Å². The number of halogens is 2. The summed E-state index contributed by atoms with van der Waals surface area (Å²) in [6.45, 7) is 0. The summed E-state index contributed by atoms with van der Waals surface area (Å²) in [7, 11) is 0. The molecule has 27 heavy (non-hydrogen) atoms. The van der Waals surface area contributed by atoms with E-state index in [4.69, 9.17) is 10.5 Å². The lowest BCUT2D eigenvalue weighted by atomic mass is 9.78. The van der Waals surface area contributed by atoms with Gasteiger partial charge in [-0.2, -0.15) is 0 Å². The number of primary amides is 1. The van der Waals surface area contributed by atoms with Gasteiger partial charge in [0.2, 0.25) is 11.8 Å². The molecule has 0 aliphatic carbocycles. The number of carbonyl (C=O) groups excluding carboxylic acids is 2. The van der Waals surface area contributed by atoms with Crippen LogP contribution in [0.1, 0.15) is 12.8 Å². The molecule has 7 heteroatoms. The maximum Gasteiger partial charge on any atom is 0.231 e. The second kappa shape index (κ2) is 6.74. The smallest absolute Gasteiger partial charge is 0.231 e. The zero-order chi connectivity index (χ0) is 19.1. The monoisotopic (exact) mass is 372 g/mol. The SMILES string of the molecule is NC(=O)C1C2CCC(O2)C1C(=O)Nc1ccc(-c2ccccc2F)c(F)c1. The predicted molar refractivity (Wildman–Crippen MR) is 94.5 cm³/mol. The molecule has 4 atom stereocenters. The zero-order valence-electron chi connectivity index (χ0n) is 14.3. The molecule has 140 valence electrons. The van der Waals surface area contributed by atoms with Crippen molar-refractivity contribution in [3.05, 3.63) is 54.1 Å². The first-order chi connectivity index (χ1) is 13.0. The van der Waals surface area contributed by atoms with E-state index >= 15 is 0 Å². The average Bonchev–Trinajstić information content (AvgIpc) is 3.24. The molecule has 2 aromatic carbocycles. The van der Waals surface area contributed by atoms with E-state index in [1.54, 1.807) is 6.07 Å². The third-order valence-electron chi connectivity index (χ3n) is 5.31. The lowest BCUT2D eigenvalue weighted by Gasteiger charge is -2.24. The summed E-state index contributed by atoms with van der Waals surface area (Å²) in [4.78, 5) is 24.4. The summed E-state index contributed by atoms with van der Waals surface area (Å²) in [5.41, 5.74) is 5.90. The topological polar surface area (TPSA) is 81.4 Å². The molecule has 0 saturated carbocycles. The maximum absolute atomic E-state index is 14.5. The molecule has 4 rings (SSSR count). The van der Waals surface area contributed by atoms with E-state index in [0.29, 0.717) is 12.8 Å². The molecule has 3 N–H and O–H groups in total. The van der Waals surface area contributed by atoms with Gasteiger partial charge >= 0.3 is 0 Å². The van der Waals surface area contributed by atoms with E-state index in [9.17, 15) is 18.4 Å². The number of rotatable bonds is 4. The molecule has 2 bridgehead atoms. The summed E-state index contributed by atoms with van der Waals surface area (Å²) in [6.07, 6.45) is 0.708. The van der Waals surface area contributed by atoms with Crippen LogP contribution in [-0.4, -0.2) is 24.0 Å². The van der Waals surface area contributed by atoms with Gasteiger partial charge in [0.1, 0.15) is 11.6 Å². The zero-order valence-corrected chi connectivity index (χ0v) is 14.3. The highest BCUT2D eigenvalue weighted by Crippen LogP contribution is 2.43. The van der Waals surface area contributed by atoms with Crippen molar-refractivity contribution in [2.75, 3.05) is 5.32 Å². The van der Waals surface area contributed by atoms with Gasteiger partial charge in [-0.3, -0.25) is 9.59 Å². The Labute approximate surface area is 154 Å². The second-order valence-corrected chi connectivity index (χ2v) is 6.91. The molecule has 0 aromatic heterocycles. The Morgan fingerprint density at radius 3 is 2.30 bits per heavy atom. The van der Waals surface area contributed by atoms with Gasteiger partial charge in [-0.05, 0) is 37.1 Å². The summed E-state index contributed by atoms with van der Waals surface area (Å²) < 4.78 is 34.0. The number of carbonyl (C=O) groups is 2. The third kappa shape index (κ3) is 3.08. The fourth-order valence-corrected chi connectivity index (χ4v) is 4.09. The minimum absolute atomic E-state index is 0.101. The van der Waals surface area contributed by atoms with Crippen LogP contribution in [0.3, 0.4) is 0 Å². The minimum Gasteiger partial charge on any atom is -0.373 e. The van der Waals surface area contributed by atoms with Crippen molar-refractivity contribution >= 4 is 17.5 Å². The number of amides is 2. The van der Waals surface area contributed by atoms with E-state index in [2.05, 4.69) is 5.32 Å². The van der Waals surface area contributed by atoms with Crippen LogP contribution in [0.25, 0.3) is 11.1 Å². The van der Waals surface area contributed by atoms with Crippen LogP contribution in [0.15, 0.2) is 42.5 Å². The normalized spacial score (nSPS) is 26.1. The number of ether oxygens (including phenoxy) is 1. The van der Waals surface area contributed by atoms with Crippen molar-refractivity contribution in [1.82, 2.24) is 0 Å². The molecule has 2 aliphatic heterocycles. The van der Waals surface area contributed by atoms with Crippen molar-refractivity contribution in [2.45, 2.75) is 25.0 Å². The van der Waals surface area contributed by atoms with Gasteiger partial charge in [-0.25, -0.2) is 8.78 Å². The highest BCUT2D eigenvalue weighted by Gasteiger charge is 2.54. The molecule has 2 fully saturated rings. The highest BCUT2D eigenvalue weighted by molar-refractivity contribution is 5.97. The molecular weight excluding hydrogens is 354 g/mol. The van der Waals surface area contributed by atoms with Gasteiger partial charge in [0.25, 0.3) is 0 Å². The van der Waals surface area contributed by atoms with Gasteiger partial charge in [-0.1, -0.05) is 18.2 Å². The van der Waals surface area contributed by atoms with E-state index in [1.807, 2.05) is 0 Å². The lowest BCUT2D eigenvalue weighted by Crippen LogP contribution is -2.43. The summed E-state index contributed by atoms with van der Waals surface area (Å²) in [5.74, 6) is -3.54. The van der Waals surface area contributed by atoms with E-state index < -0.39 is 35.3 Å². The standard InChI is InChI=1S/C20H18F2N2O3/c21-13-4-2-1-3-11(13)12-6-5-10(9-14(12)22)24-20(26)18-16-8-7-15(27-16)17(18)19(23)25/h1-6,9,15-18H,7-8H2,(H2,23,25)(H,24,26). The number of hydrogen-bond acceptors (Lipinski definition) is 3. The van der Waals surface area contributed by atoms with Crippen LogP contribution in [0.5, 0.6) is 0 Å². The van der Waals surface area contributed by atoms with Gasteiger partial charge < -0.3 is 15.8 Å². The first-order valence-corrected chi connectivity index (χ1v) is 8.76. The van der Waals surface area contributed by atoms with E-state index in [1.165, 1.54) is 30.3 Å². The van der Waals surface area contributed by atoms with E-state index in [-0.39, 0.29) is 29.0 Å². The minimum atomic E-state index is -0.685. The van der Waals surface area contributed by atoms with Crippen molar-refractivity contribution in [3.63, 3.8) is 0 Å². The average molecular weight is 372 g/mol. The Morgan fingerprint density at radius 1 is 0.963 bits per heavy atom. The largest absolute Gasteiger partial charge is 0.373 e. The van der Waals surface area contributed by atoms with Crippen LogP contribution in [0.2, 0.25) is 0 Å². The first kappa shape index (κ1) is 17.6. The third-order valence-corrected chi connectivity index (χ3v) is 5.31. The molecule has 2 aromatic rings. The molecule has 2 aliphatic rings. The van der Waals surface area contributed by atoms with E-state index in [0.717, 1.165) is 6.07 Å². The Balaban J connectivity index is 1.55. The molecule has 2 heterocycles. The van der Waals surface area contributed by atoms with Gasteiger partial charge in [0.15, 0.2) is 0 Å². The van der Waals surface area contributed by atoms with Crippen LogP contribution in [0.4, 0.5) is 14.5 Å². The van der Waals surface area contributed by atoms with Crippen molar-refractivity contribution in [2.24, 2.45) is 17.6 Å². The number of hydrogen-bond donors (Lipinski definition) is 2. The Hall–Kier alpha value is -2.80. The van der Waals surface area contributed by atoms with Gasteiger partial charge in [0.05, 0.1) is 24.0 Å². The molecule has 0 radical (unpaired) electrons. The number of nitrogens with two attached hydrogens (primary N) is 1. The summed E-state index contributed by atoms with van der Waals surface area (Å²) >= 11 is 0. The van der Waals surface area contributed by atoms with Crippen molar-refractivity contribution in [3.8, 4) is 11.1 Å². The first-order valence-electron chi connectivity index (χ1n) is 8.76. The number of benzene rings is 2. The Kier molecular flexibility index (Phi) is 4.39. The number of nitrogens with one attached hydrogen (secondary N) is 1. The summed E-state index contributed by atoms with van der Waals surface area (Å²) in [5, 5.41) is 2.63. The van der Waals surface area contributed by atoms with Crippen LogP contribution < -0.4 is 11.1 Å². The fraction of sp³-hybridized carbons (Fsp3) is 0.300.